The molecule has 1 nitrogen and oxygen atoms in total. The smallest absolute Gasteiger partial charge is 0.448 e. The lowest BCUT2D eigenvalue weighted by Crippen LogP contribution is -2.35. The summed E-state index contributed by atoms with van der Waals surface area (Å²) < 4.78 is 36.5. The Hall–Kier alpha value is -1.13. The molecule has 0 heterocycles. The van der Waals surface area contributed by atoms with E-state index in [1.807, 2.05) is 19.1 Å². The highest BCUT2D eigenvalue weighted by Crippen LogP contribution is 2.18. The summed E-state index contributed by atoms with van der Waals surface area (Å²) in [6, 6.07) is 7.16. The molecule has 0 bridgehead atoms. The van der Waals surface area contributed by atoms with Crippen LogP contribution in [-0.2, 0) is 6.42 Å². The molecule has 0 radical (unpaired) electrons. The van der Waals surface area contributed by atoms with Crippen molar-refractivity contribution in [2.75, 3.05) is 18.4 Å². The molecule has 1 aromatic carbocycles. The molecule has 0 fully saturated rings. The fourth-order valence-electron chi connectivity index (χ4n) is 1.40. The number of rotatable bonds is 4. The van der Waals surface area contributed by atoms with E-state index in [1.165, 1.54) is 11.9 Å². The monoisotopic (exact) mass is 216 g/mol. The summed E-state index contributed by atoms with van der Waals surface area (Å²) in [5.41, 5.74) is 1.73. The highest BCUT2D eigenvalue weighted by atomic mass is 19.4. The number of nitrogens with zero attached hydrogens (tertiary/aromatic N) is 1. The zero-order chi connectivity index (χ0) is 11.5. The van der Waals surface area contributed by atoms with E-state index in [0.717, 1.165) is 12.0 Å². The molecule has 0 aliphatic carbocycles. The van der Waals surface area contributed by atoms with E-state index in [-0.39, 0.29) is 0 Å². The maximum Gasteiger partial charge on any atom is 0.497 e. The molecular weight excluding hydrogens is 202 g/mol. The van der Waals surface area contributed by atoms with Gasteiger partial charge in [-0.2, -0.15) is 0 Å². The molecule has 0 aromatic heterocycles. The van der Waals surface area contributed by atoms with Crippen LogP contribution in [0.1, 0.15) is 12.5 Å². The first kappa shape index (κ1) is 11.9. The van der Waals surface area contributed by atoms with Crippen LogP contribution < -0.4 is 4.90 Å². The van der Waals surface area contributed by atoms with E-state index >= 15 is 0 Å². The molecule has 1 rings (SSSR count). The van der Waals surface area contributed by atoms with Gasteiger partial charge < -0.3 is 17.8 Å². The third-order valence-corrected chi connectivity index (χ3v) is 2.27. The minimum Gasteiger partial charge on any atom is -0.448 e. The lowest BCUT2D eigenvalue weighted by molar-refractivity contribution is 0.470. The normalized spacial score (nSPS) is 11.5. The van der Waals surface area contributed by atoms with E-state index in [9.17, 15) is 12.9 Å². The highest BCUT2D eigenvalue weighted by molar-refractivity contribution is 6.59. The lowest BCUT2D eigenvalue weighted by atomic mass is 9.91. The van der Waals surface area contributed by atoms with E-state index in [2.05, 4.69) is 0 Å². The fourth-order valence-corrected chi connectivity index (χ4v) is 1.40. The van der Waals surface area contributed by atoms with Crippen molar-refractivity contribution in [2.24, 2.45) is 0 Å². The summed E-state index contributed by atoms with van der Waals surface area (Å²) in [4.78, 5) is 1.22. The molecular formula is C10H14BF3N-. The fraction of sp³-hybridized carbons (Fsp3) is 0.400. The van der Waals surface area contributed by atoms with Crippen molar-refractivity contribution in [1.82, 2.24) is 0 Å². The van der Waals surface area contributed by atoms with Crippen LogP contribution in [0, 0.1) is 0 Å². The van der Waals surface area contributed by atoms with E-state index in [4.69, 9.17) is 0 Å². The molecule has 0 spiro atoms. The Morgan fingerprint density at radius 3 is 2.07 bits per heavy atom. The van der Waals surface area contributed by atoms with Crippen molar-refractivity contribution in [3.63, 3.8) is 0 Å². The second kappa shape index (κ2) is 4.60. The first-order valence-corrected chi connectivity index (χ1v) is 4.93. The Bertz CT molecular complexity index is 307. The number of aryl methyl sites for hydroxylation is 1. The van der Waals surface area contributed by atoms with E-state index in [0.29, 0.717) is 5.69 Å². The first-order chi connectivity index (χ1) is 6.92. The summed E-state index contributed by atoms with van der Waals surface area (Å²) in [5, 5.41) is 0. The van der Waals surface area contributed by atoms with Gasteiger partial charge in [-0.15, -0.1) is 0 Å². The van der Waals surface area contributed by atoms with Crippen molar-refractivity contribution in [3.05, 3.63) is 29.8 Å². The molecule has 0 unspecified atom stereocenters. The van der Waals surface area contributed by atoms with Crippen LogP contribution in [-0.4, -0.2) is 20.5 Å². The van der Waals surface area contributed by atoms with Gasteiger partial charge in [0.15, 0.2) is 0 Å². The molecule has 0 aliphatic heterocycles. The molecule has 0 saturated carbocycles. The van der Waals surface area contributed by atoms with Crippen LogP contribution in [0.2, 0.25) is 0 Å². The minimum absolute atomic E-state index is 0.603. The Labute approximate surface area is 88.0 Å². The number of hydrogen-bond donors (Lipinski definition) is 0. The Morgan fingerprint density at radius 1 is 1.13 bits per heavy atom. The van der Waals surface area contributed by atoms with Gasteiger partial charge in [0.25, 0.3) is 0 Å². The first-order valence-electron chi connectivity index (χ1n) is 4.93. The SMILES string of the molecule is CCc1ccc(N(C)C[B-](F)(F)F)cc1. The number of halogens is 3. The molecule has 0 amide bonds. The molecule has 15 heavy (non-hydrogen) atoms. The van der Waals surface area contributed by atoms with Gasteiger partial charge in [-0.25, -0.2) is 0 Å². The number of hydrogen-bond acceptors (Lipinski definition) is 1. The predicted molar refractivity (Wildman–Crippen MR) is 58.2 cm³/mol. The lowest BCUT2D eigenvalue weighted by Gasteiger charge is -2.25. The maximum absolute atomic E-state index is 12.2. The molecule has 84 valence electrons. The zero-order valence-corrected chi connectivity index (χ0v) is 8.88. The largest absolute Gasteiger partial charge is 0.497 e. The van der Waals surface area contributed by atoms with Crippen molar-refractivity contribution in [2.45, 2.75) is 13.3 Å². The summed E-state index contributed by atoms with van der Waals surface area (Å²) in [6.07, 6.45) is 0.0404. The van der Waals surface area contributed by atoms with E-state index < -0.39 is 13.4 Å². The molecule has 0 atom stereocenters. The molecule has 5 heteroatoms. The summed E-state index contributed by atoms with van der Waals surface area (Å²) >= 11 is 0. The van der Waals surface area contributed by atoms with E-state index in [1.54, 1.807) is 12.1 Å². The van der Waals surface area contributed by atoms with Gasteiger partial charge in [0.2, 0.25) is 0 Å². The number of benzene rings is 1. The summed E-state index contributed by atoms with van der Waals surface area (Å²) in [5.74, 6) is 0. The Balaban J connectivity index is 2.70. The van der Waals surface area contributed by atoms with Crippen LogP contribution >= 0.6 is 0 Å². The van der Waals surface area contributed by atoms with Crippen molar-refractivity contribution in [1.29, 1.82) is 0 Å². The van der Waals surface area contributed by atoms with Crippen LogP contribution in [0.25, 0.3) is 0 Å². The van der Waals surface area contributed by atoms with Gasteiger partial charge in [0.1, 0.15) is 0 Å². The van der Waals surface area contributed by atoms with Gasteiger partial charge in [-0.1, -0.05) is 19.1 Å². The zero-order valence-electron chi connectivity index (χ0n) is 8.88. The van der Waals surface area contributed by atoms with Crippen LogP contribution in [0.3, 0.4) is 0 Å². The van der Waals surface area contributed by atoms with Crippen molar-refractivity contribution < 1.29 is 12.9 Å². The van der Waals surface area contributed by atoms with Gasteiger partial charge >= 0.3 is 6.98 Å². The second-order valence-corrected chi connectivity index (χ2v) is 3.61. The standard InChI is InChI=1S/C10H14BF3N/c1-3-9-4-6-10(7-5-9)15(2)8-11(12,13)14/h4-7H,3,8H2,1-2H3/q-1. The highest BCUT2D eigenvalue weighted by Gasteiger charge is 2.24. The van der Waals surface area contributed by atoms with Gasteiger partial charge in [-0.3, -0.25) is 0 Å². The van der Waals surface area contributed by atoms with Crippen LogP contribution in [0.5, 0.6) is 0 Å². The average Bonchev–Trinajstić information content (AvgIpc) is 2.15. The Morgan fingerprint density at radius 2 is 1.67 bits per heavy atom. The quantitative estimate of drug-likeness (QED) is 0.699. The third kappa shape index (κ3) is 3.85. The van der Waals surface area contributed by atoms with Crippen molar-refractivity contribution >= 4 is 12.7 Å². The predicted octanol–water partition coefficient (Wildman–Crippen LogP) is 3.07. The third-order valence-electron chi connectivity index (χ3n) is 2.27. The maximum atomic E-state index is 12.2. The summed E-state index contributed by atoms with van der Waals surface area (Å²) in [7, 11) is 1.45. The number of anilines is 1. The second-order valence-electron chi connectivity index (χ2n) is 3.61. The minimum atomic E-state index is -4.76. The van der Waals surface area contributed by atoms with Gasteiger partial charge in [0, 0.05) is 12.7 Å². The Kier molecular flexibility index (Phi) is 3.66. The molecule has 0 saturated heterocycles. The van der Waals surface area contributed by atoms with Crippen LogP contribution in [0.15, 0.2) is 24.3 Å². The molecule has 0 aliphatic rings. The van der Waals surface area contributed by atoms with Crippen LogP contribution in [0.4, 0.5) is 18.6 Å². The molecule has 1 aromatic rings. The summed E-state index contributed by atoms with van der Waals surface area (Å²) in [6.45, 7) is -2.75. The molecule has 0 N–H and O–H groups in total. The van der Waals surface area contributed by atoms with Gasteiger partial charge in [0.05, 0.1) is 0 Å². The van der Waals surface area contributed by atoms with Crippen molar-refractivity contribution in [3.8, 4) is 0 Å². The average molecular weight is 216 g/mol. The van der Waals surface area contributed by atoms with Gasteiger partial charge in [-0.05, 0) is 30.6 Å². The topological polar surface area (TPSA) is 3.24 Å².